The standard InChI is InChI=1S/C30H38N6O10/c1-13(2)23(35-29(43)44)27(41)33-11-9-31-15-5-6-16(32-10-12-34-28(42)24(14(3)4)36-30(45)46)20-19(15)25(39)21-17(37)7-8-18(38)22(21)26(20)40/h5-8,13-14,23-24,31-32,35-38H,9-12H2,1-4H3,(H,33,41)(H,34,42)(H,43,44)(H,45,46). The molecule has 0 saturated heterocycles. The number of carboxylic acid groups (broad SMARTS) is 2. The number of carbonyl (C=O) groups is 6. The summed E-state index contributed by atoms with van der Waals surface area (Å²) in [5.41, 5.74) is -0.558. The van der Waals surface area contributed by atoms with Crippen LogP contribution in [0.3, 0.4) is 0 Å². The highest BCUT2D eigenvalue weighted by Crippen LogP contribution is 2.42. The summed E-state index contributed by atoms with van der Waals surface area (Å²) in [6, 6.07) is 3.22. The van der Waals surface area contributed by atoms with Gasteiger partial charge in [-0.05, 0) is 36.1 Å². The van der Waals surface area contributed by atoms with Gasteiger partial charge in [-0.15, -0.1) is 0 Å². The zero-order valence-electron chi connectivity index (χ0n) is 25.7. The summed E-state index contributed by atoms with van der Waals surface area (Å²) >= 11 is 0. The summed E-state index contributed by atoms with van der Waals surface area (Å²) in [6.45, 7) is 6.91. The smallest absolute Gasteiger partial charge is 0.405 e. The molecule has 2 atom stereocenters. The van der Waals surface area contributed by atoms with Gasteiger partial charge in [0, 0.05) is 37.6 Å². The molecular weight excluding hydrogens is 604 g/mol. The summed E-state index contributed by atoms with van der Waals surface area (Å²) in [6.07, 6.45) is -2.69. The van der Waals surface area contributed by atoms with Gasteiger partial charge in [-0.25, -0.2) is 9.59 Å². The van der Waals surface area contributed by atoms with E-state index in [2.05, 4.69) is 31.9 Å². The minimum Gasteiger partial charge on any atom is -0.507 e. The molecule has 10 N–H and O–H groups in total. The number of hydrogen-bond acceptors (Lipinski definition) is 10. The Labute approximate surface area is 263 Å². The van der Waals surface area contributed by atoms with Crippen molar-refractivity contribution in [2.45, 2.75) is 39.8 Å². The Morgan fingerprint density at radius 2 is 0.935 bits per heavy atom. The van der Waals surface area contributed by atoms with E-state index in [1.807, 2.05) is 0 Å². The average Bonchev–Trinajstić information content (AvgIpc) is 2.98. The first-order valence-corrected chi connectivity index (χ1v) is 14.5. The Balaban J connectivity index is 1.83. The van der Waals surface area contributed by atoms with Gasteiger partial charge >= 0.3 is 12.2 Å². The van der Waals surface area contributed by atoms with Gasteiger partial charge < -0.3 is 52.3 Å². The van der Waals surface area contributed by atoms with Crippen LogP contribution in [0.15, 0.2) is 24.3 Å². The molecule has 0 saturated carbocycles. The molecule has 2 aromatic carbocycles. The van der Waals surface area contributed by atoms with E-state index >= 15 is 0 Å². The molecule has 0 heterocycles. The van der Waals surface area contributed by atoms with Crippen molar-refractivity contribution in [1.29, 1.82) is 0 Å². The fourth-order valence-corrected chi connectivity index (χ4v) is 4.98. The van der Waals surface area contributed by atoms with Crippen LogP contribution in [-0.2, 0) is 9.59 Å². The lowest BCUT2D eigenvalue weighted by atomic mass is 9.81. The Morgan fingerprint density at radius 1 is 0.587 bits per heavy atom. The minimum atomic E-state index is -1.35. The van der Waals surface area contributed by atoms with Crippen LogP contribution in [0.5, 0.6) is 11.5 Å². The molecular formula is C30H38N6O10. The maximum Gasteiger partial charge on any atom is 0.405 e. The molecule has 2 unspecified atom stereocenters. The number of aromatic hydroxyl groups is 2. The summed E-state index contributed by atoms with van der Waals surface area (Å²) in [7, 11) is 0. The van der Waals surface area contributed by atoms with Crippen molar-refractivity contribution in [3.05, 3.63) is 46.5 Å². The molecule has 4 amide bonds. The van der Waals surface area contributed by atoms with E-state index in [9.17, 15) is 39.0 Å². The lowest BCUT2D eigenvalue weighted by Crippen LogP contribution is -2.50. The highest BCUT2D eigenvalue weighted by atomic mass is 16.4. The first-order valence-electron chi connectivity index (χ1n) is 14.5. The highest BCUT2D eigenvalue weighted by Gasteiger charge is 2.38. The van der Waals surface area contributed by atoms with Gasteiger partial charge in [0.2, 0.25) is 23.4 Å². The maximum absolute atomic E-state index is 13.7. The first kappa shape index (κ1) is 34.9. The predicted molar refractivity (Wildman–Crippen MR) is 166 cm³/mol. The summed E-state index contributed by atoms with van der Waals surface area (Å²) in [5, 5.41) is 54.5. The molecule has 2 aromatic rings. The van der Waals surface area contributed by atoms with Crippen LogP contribution in [0, 0.1) is 11.8 Å². The van der Waals surface area contributed by atoms with Crippen LogP contribution < -0.4 is 31.9 Å². The van der Waals surface area contributed by atoms with Crippen molar-refractivity contribution in [2.75, 3.05) is 36.8 Å². The van der Waals surface area contributed by atoms with Crippen molar-refractivity contribution in [1.82, 2.24) is 21.3 Å². The molecule has 1 aliphatic carbocycles. The molecule has 0 fully saturated rings. The number of carbonyl (C=O) groups excluding carboxylic acids is 4. The summed E-state index contributed by atoms with van der Waals surface area (Å²) < 4.78 is 0. The van der Waals surface area contributed by atoms with E-state index < -0.39 is 59.2 Å². The van der Waals surface area contributed by atoms with Gasteiger partial charge in [0.25, 0.3) is 0 Å². The maximum atomic E-state index is 13.7. The van der Waals surface area contributed by atoms with Gasteiger partial charge in [0.15, 0.2) is 0 Å². The van der Waals surface area contributed by atoms with Gasteiger partial charge in [-0.2, -0.15) is 0 Å². The van der Waals surface area contributed by atoms with Crippen LogP contribution in [0.2, 0.25) is 0 Å². The molecule has 3 rings (SSSR count). The van der Waals surface area contributed by atoms with Gasteiger partial charge in [0.1, 0.15) is 23.6 Å². The minimum absolute atomic E-state index is 0.0245. The van der Waals surface area contributed by atoms with Crippen molar-refractivity contribution in [2.24, 2.45) is 11.8 Å². The normalized spacial score (nSPS) is 13.3. The number of phenolic OH excluding ortho intramolecular Hbond substituents is 2. The van der Waals surface area contributed by atoms with Crippen LogP contribution in [0.1, 0.15) is 59.5 Å². The number of ketones is 2. The monoisotopic (exact) mass is 642 g/mol. The Bertz CT molecular complexity index is 1430. The summed E-state index contributed by atoms with van der Waals surface area (Å²) in [4.78, 5) is 74.6. The van der Waals surface area contributed by atoms with Crippen LogP contribution in [0.4, 0.5) is 21.0 Å². The molecule has 0 radical (unpaired) electrons. The fourth-order valence-electron chi connectivity index (χ4n) is 4.98. The van der Waals surface area contributed by atoms with E-state index in [1.54, 1.807) is 27.7 Å². The largest absolute Gasteiger partial charge is 0.507 e. The van der Waals surface area contributed by atoms with E-state index in [1.165, 1.54) is 12.1 Å². The second-order valence-electron chi connectivity index (χ2n) is 11.2. The third-order valence-corrected chi connectivity index (χ3v) is 7.21. The number of benzene rings is 2. The third-order valence-electron chi connectivity index (χ3n) is 7.21. The van der Waals surface area contributed by atoms with Gasteiger partial charge in [-0.3, -0.25) is 19.2 Å². The van der Waals surface area contributed by atoms with Crippen molar-refractivity contribution in [3.8, 4) is 11.5 Å². The molecule has 16 heteroatoms. The molecule has 0 aliphatic heterocycles. The Kier molecular flexibility index (Phi) is 11.4. The lowest BCUT2D eigenvalue weighted by Gasteiger charge is -2.25. The number of rotatable bonds is 14. The van der Waals surface area contributed by atoms with Crippen molar-refractivity contribution < 1.29 is 49.2 Å². The van der Waals surface area contributed by atoms with Crippen molar-refractivity contribution in [3.63, 3.8) is 0 Å². The van der Waals surface area contributed by atoms with Gasteiger partial charge in [-0.1, -0.05) is 27.7 Å². The number of hydrogen-bond donors (Lipinski definition) is 10. The Hall–Kier alpha value is -5.54. The van der Waals surface area contributed by atoms with Crippen LogP contribution >= 0.6 is 0 Å². The average molecular weight is 643 g/mol. The molecule has 46 heavy (non-hydrogen) atoms. The fraction of sp³-hybridized carbons (Fsp3) is 0.400. The van der Waals surface area contributed by atoms with E-state index in [-0.39, 0.29) is 71.6 Å². The molecule has 248 valence electrons. The number of nitrogens with one attached hydrogen (secondary N) is 6. The van der Waals surface area contributed by atoms with E-state index in [4.69, 9.17) is 10.2 Å². The molecule has 0 aromatic heterocycles. The van der Waals surface area contributed by atoms with Crippen molar-refractivity contribution >= 4 is 46.9 Å². The second-order valence-corrected chi connectivity index (χ2v) is 11.2. The lowest BCUT2D eigenvalue weighted by molar-refractivity contribution is -0.124. The van der Waals surface area contributed by atoms with Gasteiger partial charge in [0.05, 0.1) is 22.3 Å². The van der Waals surface area contributed by atoms with E-state index in [0.717, 1.165) is 12.1 Å². The third kappa shape index (κ3) is 7.94. The zero-order valence-corrected chi connectivity index (χ0v) is 25.7. The van der Waals surface area contributed by atoms with Crippen LogP contribution in [-0.4, -0.2) is 94.3 Å². The topological polar surface area (TPSA) is 256 Å². The molecule has 0 spiro atoms. The molecule has 16 nitrogen and oxygen atoms in total. The molecule has 1 aliphatic rings. The first-order chi connectivity index (χ1) is 21.6. The number of fused-ring (bicyclic) bond motifs is 2. The van der Waals surface area contributed by atoms with Crippen LogP contribution in [0.25, 0.3) is 0 Å². The number of amides is 4. The molecule has 0 bridgehead atoms. The Morgan fingerprint density at radius 3 is 1.24 bits per heavy atom. The van der Waals surface area contributed by atoms with E-state index in [0.29, 0.717) is 0 Å². The number of phenols is 2. The summed E-state index contributed by atoms with van der Waals surface area (Å²) in [5.74, 6) is -4.24. The SMILES string of the molecule is CC(C)C(NC(=O)O)C(=O)NCCNc1ccc(NCCNC(=O)C(NC(=O)O)C(C)C)c2c1C(=O)c1c(O)ccc(O)c1C2=O. The second kappa shape index (κ2) is 15.0. The quantitative estimate of drug-likeness (QED) is 0.0887. The highest BCUT2D eigenvalue weighted by molar-refractivity contribution is 6.33. The zero-order chi connectivity index (χ0) is 34.3. The number of anilines is 2. The predicted octanol–water partition coefficient (Wildman–Crippen LogP) is 1.51.